The van der Waals surface area contributed by atoms with Crippen LogP contribution in [0.3, 0.4) is 0 Å². The highest BCUT2D eigenvalue weighted by molar-refractivity contribution is 5.81. The molecule has 6 heteroatoms. The van der Waals surface area contributed by atoms with Crippen molar-refractivity contribution < 1.29 is 18.3 Å². The Hall–Kier alpha value is -1.69. The standard InChI is InChI=1S/C12H16F2N2O2/c1-2-10(15)11(17)16-7-8-3-5-9(6-4-8)18-12(13)14/h3-6,10,12H,2,7,15H2,1H3,(H,16,17). The van der Waals surface area contributed by atoms with Crippen LogP contribution in [0.5, 0.6) is 5.75 Å². The molecule has 100 valence electrons. The van der Waals surface area contributed by atoms with Gasteiger partial charge in [-0.15, -0.1) is 0 Å². The van der Waals surface area contributed by atoms with Gasteiger partial charge in [-0.1, -0.05) is 19.1 Å². The number of hydrogen-bond acceptors (Lipinski definition) is 3. The number of carbonyl (C=O) groups excluding carboxylic acids is 1. The van der Waals surface area contributed by atoms with E-state index < -0.39 is 12.7 Å². The van der Waals surface area contributed by atoms with Gasteiger partial charge in [-0.05, 0) is 24.1 Å². The van der Waals surface area contributed by atoms with Crippen LogP contribution in [0.4, 0.5) is 8.78 Å². The third-order valence-electron chi connectivity index (χ3n) is 2.39. The molecule has 0 radical (unpaired) electrons. The summed E-state index contributed by atoms with van der Waals surface area (Å²) in [5, 5.41) is 2.66. The van der Waals surface area contributed by atoms with Gasteiger partial charge in [0.2, 0.25) is 5.91 Å². The van der Waals surface area contributed by atoms with Crippen molar-refractivity contribution in [1.29, 1.82) is 0 Å². The van der Waals surface area contributed by atoms with Crippen molar-refractivity contribution in [3.8, 4) is 5.75 Å². The van der Waals surface area contributed by atoms with E-state index in [1.807, 2.05) is 6.92 Å². The fraction of sp³-hybridized carbons (Fsp3) is 0.417. The number of amides is 1. The molecule has 0 aromatic heterocycles. The van der Waals surface area contributed by atoms with Gasteiger partial charge in [0.05, 0.1) is 6.04 Å². The second-order valence-electron chi connectivity index (χ2n) is 3.75. The molecular weight excluding hydrogens is 242 g/mol. The molecule has 0 spiro atoms. The summed E-state index contributed by atoms with van der Waals surface area (Å²) in [7, 11) is 0. The van der Waals surface area contributed by atoms with E-state index in [-0.39, 0.29) is 11.7 Å². The maximum atomic E-state index is 11.9. The third-order valence-corrected chi connectivity index (χ3v) is 2.39. The molecule has 1 amide bonds. The molecule has 1 aromatic carbocycles. The van der Waals surface area contributed by atoms with Crippen LogP contribution in [0.2, 0.25) is 0 Å². The van der Waals surface area contributed by atoms with Gasteiger partial charge in [0.1, 0.15) is 5.75 Å². The van der Waals surface area contributed by atoms with Crippen molar-refractivity contribution in [3.63, 3.8) is 0 Å². The first-order valence-corrected chi connectivity index (χ1v) is 5.60. The zero-order chi connectivity index (χ0) is 13.5. The third kappa shape index (κ3) is 4.67. The lowest BCUT2D eigenvalue weighted by molar-refractivity contribution is -0.122. The Labute approximate surface area is 104 Å². The van der Waals surface area contributed by atoms with E-state index in [9.17, 15) is 13.6 Å². The van der Waals surface area contributed by atoms with Crippen LogP contribution in [0.25, 0.3) is 0 Å². The van der Waals surface area contributed by atoms with Gasteiger partial charge in [0.15, 0.2) is 0 Å². The Kier molecular flexibility index (Phi) is 5.51. The fourth-order valence-corrected chi connectivity index (χ4v) is 1.29. The van der Waals surface area contributed by atoms with Crippen LogP contribution in [-0.2, 0) is 11.3 Å². The van der Waals surface area contributed by atoms with Crippen LogP contribution in [0, 0.1) is 0 Å². The number of halogens is 2. The van der Waals surface area contributed by atoms with Gasteiger partial charge in [0, 0.05) is 6.54 Å². The summed E-state index contributed by atoms with van der Waals surface area (Å²) in [5.41, 5.74) is 6.33. The summed E-state index contributed by atoms with van der Waals surface area (Å²) in [6.45, 7) is -0.708. The topological polar surface area (TPSA) is 64.4 Å². The van der Waals surface area contributed by atoms with Gasteiger partial charge >= 0.3 is 6.61 Å². The minimum atomic E-state index is -2.84. The average molecular weight is 258 g/mol. The first-order valence-electron chi connectivity index (χ1n) is 5.60. The number of rotatable bonds is 6. The molecule has 0 fully saturated rings. The van der Waals surface area contributed by atoms with E-state index in [1.165, 1.54) is 12.1 Å². The van der Waals surface area contributed by atoms with E-state index in [0.29, 0.717) is 13.0 Å². The van der Waals surface area contributed by atoms with Crippen LogP contribution in [0.1, 0.15) is 18.9 Å². The van der Waals surface area contributed by atoms with Crippen LogP contribution in [0.15, 0.2) is 24.3 Å². The van der Waals surface area contributed by atoms with E-state index in [0.717, 1.165) is 5.56 Å². The highest BCUT2D eigenvalue weighted by Crippen LogP contribution is 2.14. The minimum Gasteiger partial charge on any atom is -0.435 e. The van der Waals surface area contributed by atoms with Crippen molar-refractivity contribution >= 4 is 5.91 Å². The Balaban J connectivity index is 2.46. The second-order valence-corrected chi connectivity index (χ2v) is 3.75. The number of benzene rings is 1. The zero-order valence-electron chi connectivity index (χ0n) is 10.0. The summed E-state index contributed by atoms with van der Waals surface area (Å²) in [6.07, 6.45) is 0.562. The molecule has 0 aliphatic heterocycles. The number of hydrogen-bond donors (Lipinski definition) is 2. The molecule has 1 atom stereocenters. The monoisotopic (exact) mass is 258 g/mol. The zero-order valence-corrected chi connectivity index (χ0v) is 10.0. The lowest BCUT2D eigenvalue weighted by atomic mass is 10.2. The van der Waals surface area contributed by atoms with Gasteiger partial charge < -0.3 is 15.8 Å². The van der Waals surface area contributed by atoms with Gasteiger partial charge in [-0.2, -0.15) is 8.78 Å². The molecule has 1 aromatic rings. The van der Waals surface area contributed by atoms with Gasteiger partial charge in [-0.25, -0.2) is 0 Å². The molecule has 0 bridgehead atoms. The van der Waals surface area contributed by atoms with E-state index in [1.54, 1.807) is 12.1 Å². The number of alkyl halides is 2. The Morgan fingerprint density at radius 3 is 2.50 bits per heavy atom. The average Bonchev–Trinajstić information content (AvgIpc) is 2.36. The molecule has 0 aliphatic rings. The summed E-state index contributed by atoms with van der Waals surface area (Å²) >= 11 is 0. The molecule has 0 saturated heterocycles. The van der Waals surface area contributed by atoms with E-state index >= 15 is 0 Å². The summed E-state index contributed by atoms with van der Waals surface area (Å²) < 4.78 is 28.0. The Bertz CT molecular complexity index is 382. The highest BCUT2D eigenvalue weighted by atomic mass is 19.3. The van der Waals surface area contributed by atoms with Crippen molar-refractivity contribution in [1.82, 2.24) is 5.32 Å². The largest absolute Gasteiger partial charge is 0.435 e. The molecule has 18 heavy (non-hydrogen) atoms. The van der Waals surface area contributed by atoms with Crippen molar-refractivity contribution in [2.45, 2.75) is 32.5 Å². The summed E-state index contributed by atoms with van der Waals surface area (Å²) in [6, 6.07) is 5.54. The molecule has 1 rings (SSSR count). The summed E-state index contributed by atoms with van der Waals surface area (Å²) in [4.78, 5) is 11.4. The van der Waals surface area contributed by atoms with Crippen LogP contribution >= 0.6 is 0 Å². The Morgan fingerprint density at radius 1 is 1.39 bits per heavy atom. The molecule has 0 saturated carbocycles. The fourth-order valence-electron chi connectivity index (χ4n) is 1.29. The summed E-state index contributed by atoms with van der Waals surface area (Å²) in [5.74, 6) is -0.143. The highest BCUT2D eigenvalue weighted by Gasteiger charge is 2.10. The molecule has 0 aliphatic carbocycles. The van der Waals surface area contributed by atoms with Crippen molar-refractivity contribution in [3.05, 3.63) is 29.8 Å². The van der Waals surface area contributed by atoms with E-state index in [2.05, 4.69) is 10.1 Å². The molecule has 1 unspecified atom stereocenters. The smallest absolute Gasteiger partial charge is 0.387 e. The molecule has 3 N–H and O–H groups in total. The van der Waals surface area contributed by atoms with Gasteiger partial charge in [0.25, 0.3) is 0 Å². The minimum absolute atomic E-state index is 0.0883. The van der Waals surface area contributed by atoms with E-state index in [4.69, 9.17) is 5.73 Å². The SMILES string of the molecule is CCC(N)C(=O)NCc1ccc(OC(F)F)cc1. The first-order chi connectivity index (χ1) is 8.52. The van der Waals surface area contributed by atoms with Gasteiger partial charge in [-0.3, -0.25) is 4.79 Å². The van der Waals surface area contributed by atoms with Crippen LogP contribution < -0.4 is 15.8 Å². The lowest BCUT2D eigenvalue weighted by Gasteiger charge is -2.10. The molecular formula is C12H16F2N2O2. The maximum absolute atomic E-state index is 11.9. The van der Waals surface area contributed by atoms with Crippen LogP contribution in [-0.4, -0.2) is 18.6 Å². The number of nitrogens with two attached hydrogens (primary N) is 1. The normalized spacial score (nSPS) is 12.3. The quantitative estimate of drug-likeness (QED) is 0.815. The molecule has 4 nitrogen and oxygen atoms in total. The maximum Gasteiger partial charge on any atom is 0.387 e. The molecule has 0 heterocycles. The number of nitrogens with one attached hydrogen (secondary N) is 1. The first kappa shape index (κ1) is 14.4. The van der Waals surface area contributed by atoms with Crippen molar-refractivity contribution in [2.24, 2.45) is 5.73 Å². The Morgan fingerprint density at radius 2 is 2.00 bits per heavy atom. The lowest BCUT2D eigenvalue weighted by Crippen LogP contribution is -2.39. The second kappa shape index (κ2) is 6.90. The predicted octanol–water partition coefficient (Wildman–Crippen LogP) is 1.64. The van der Waals surface area contributed by atoms with Crippen molar-refractivity contribution in [2.75, 3.05) is 0 Å². The predicted molar refractivity (Wildman–Crippen MR) is 63.2 cm³/mol. The number of carbonyl (C=O) groups is 1. The number of ether oxygens (including phenoxy) is 1.